The Balaban J connectivity index is 2.88. The molecule has 1 unspecified atom stereocenters. The quantitative estimate of drug-likeness (QED) is 0.761. The smallest absolute Gasteiger partial charge is 0.0585 e. The van der Waals surface area contributed by atoms with Crippen LogP contribution in [0.25, 0.3) is 0 Å². The van der Waals surface area contributed by atoms with E-state index in [1.807, 2.05) is 12.2 Å². The summed E-state index contributed by atoms with van der Waals surface area (Å²) < 4.78 is 0. The number of nitrogens with two attached hydrogens (primary N) is 1. The fraction of sp³-hybridized carbons (Fsp3) is 0.529. The van der Waals surface area contributed by atoms with Crippen LogP contribution < -0.4 is 5.73 Å². The molecule has 0 spiro atoms. The molecule has 0 aromatic rings. The zero-order valence-electron chi connectivity index (χ0n) is 12.6. The van der Waals surface area contributed by atoms with Crippen LogP contribution in [-0.2, 0) is 0 Å². The highest BCUT2D eigenvalue weighted by Gasteiger charge is 2.31. The molecule has 0 aliphatic heterocycles. The minimum Gasteiger partial charge on any atom is -0.393 e. The molecule has 1 rings (SSSR count). The van der Waals surface area contributed by atoms with Gasteiger partial charge in [0.05, 0.1) is 6.10 Å². The van der Waals surface area contributed by atoms with Gasteiger partial charge in [0.2, 0.25) is 0 Å². The number of hydrogen-bond donors (Lipinski definition) is 2. The first kappa shape index (κ1) is 15.9. The lowest BCUT2D eigenvalue weighted by Gasteiger charge is -2.35. The third kappa shape index (κ3) is 4.81. The number of aliphatic hydroxyl groups excluding tert-OH is 1. The predicted octanol–water partition coefficient (Wildman–Crippen LogP) is 3.50. The van der Waals surface area contributed by atoms with E-state index in [1.165, 1.54) is 16.7 Å². The summed E-state index contributed by atoms with van der Waals surface area (Å²) >= 11 is 0. The van der Waals surface area contributed by atoms with Crippen LogP contribution in [0.3, 0.4) is 0 Å². The second-order valence-electron chi connectivity index (χ2n) is 6.05. The van der Waals surface area contributed by atoms with E-state index in [2.05, 4.69) is 45.9 Å². The predicted molar refractivity (Wildman–Crippen MR) is 82.8 cm³/mol. The fourth-order valence-electron chi connectivity index (χ4n) is 2.75. The van der Waals surface area contributed by atoms with Gasteiger partial charge in [-0.25, -0.2) is 0 Å². The molecule has 1 aliphatic rings. The van der Waals surface area contributed by atoms with Crippen molar-refractivity contribution >= 4 is 0 Å². The Morgan fingerprint density at radius 3 is 2.74 bits per heavy atom. The third-order valence-corrected chi connectivity index (χ3v) is 3.62. The van der Waals surface area contributed by atoms with E-state index in [0.29, 0.717) is 6.54 Å². The van der Waals surface area contributed by atoms with Gasteiger partial charge in [0.15, 0.2) is 0 Å². The first-order valence-electron chi connectivity index (χ1n) is 6.96. The van der Waals surface area contributed by atoms with E-state index in [4.69, 9.17) is 5.73 Å². The average Bonchev–Trinajstić information content (AvgIpc) is 2.26. The summed E-state index contributed by atoms with van der Waals surface area (Å²) in [6.45, 7) is 9.18. The van der Waals surface area contributed by atoms with Crippen LogP contribution >= 0.6 is 0 Å². The van der Waals surface area contributed by atoms with Gasteiger partial charge < -0.3 is 10.8 Å². The molecule has 0 aromatic heterocycles. The van der Waals surface area contributed by atoms with Gasteiger partial charge in [-0.2, -0.15) is 0 Å². The Morgan fingerprint density at radius 2 is 2.16 bits per heavy atom. The Labute approximate surface area is 117 Å². The van der Waals surface area contributed by atoms with Crippen molar-refractivity contribution in [2.75, 3.05) is 6.54 Å². The van der Waals surface area contributed by atoms with Crippen molar-refractivity contribution < 1.29 is 5.11 Å². The van der Waals surface area contributed by atoms with Gasteiger partial charge in [-0.3, -0.25) is 0 Å². The molecule has 0 amide bonds. The second kappa shape index (κ2) is 6.88. The molecule has 0 saturated carbocycles. The molecule has 0 aromatic carbocycles. The molecule has 0 heterocycles. The Bertz CT molecular complexity index is 425. The monoisotopic (exact) mass is 261 g/mol. The third-order valence-electron chi connectivity index (χ3n) is 3.62. The van der Waals surface area contributed by atoms with Crippen molar-refractivity contribution in [2.45, 2.75) is 46.6 Å². The van der Waals surface area contributed by atoms with Gasteiger partial charge in [0.1, 0.15) is 0 Å². The molecule has 3 N–H and O–H groups in total. The molecule has 1 aliphatic carbocycles. The van der Waals surface area contributed by atoms with Gasteiger partial charge in [-0.05, 0) is 37.7 Å². The van der Waals surface area contributed by atoms with Gasteiger partial charge in [0, 0.05) is 6.54 Å². The minimum atomic E-state index is -0.198. The Kier molecular flexibility index (Phi) is 5.77. The Morgan fingerprint density at radius 1 is 1.47 bits per heavy atom. The minimum absolute atomic E-state index is 0.0472. The summed E-state index contributed by atoms with van der Waals surface area (Å²) in [6.07, 6.45) is 11.7. The SMILES string of the molecule is CC1=C(/C=C/C(C)=C/C=C/CN)C(C)(C)CC(O)C1. The maximum absolute atomic E-state index is 9.86. The van der Waals surface area contributed by atoms with E-state index in [9.17, 15) is 5.11 Å². The molecule has 1 atom stereocenters. The molecular formula is C17H27NO. The summed E-state index contributed by atoms with van der Waals surface area (Å²) in [4.78, 5) is 0. The maximum atomic E-state index is 9.86. The van der Waals surface area contributed by atoms with Crippen LogP contribution in [0.4, 0.5) is 0 Å². The highest BCUT2D eigenvalue weighted by atomic mass is 16.3. The standard InChI is InChI=1S/C17H27NO/c1-13(7-5-6-10-18)8-9-16-14(2)11-15(19)12-17(16,3)4/h5-9,15,19H,10-12,18H2,1-4H3/b6-5+,9-8+,13-7+. The van der Waals surface area contributed by atoms with Gasteiger partial charge in [-0.1, -0.05) is 55.4 Å². The number of aliphatic hydroxyl groups is 1. The number of allylic oxidation sites excluding steroid dienone is 6. The molecule has 0 radical (unpaired) electrons. The van der Waals surface area contributed by atoms with Gasteiger partial charge in [0.25, 0.3) is 0 Å². The number of hydrogen-bond acceptors (Lipinski definition) is 2. The van der Waals surface area contributed by atoms with Gasteiger partial charge in [-0.15, -0.1) is 0 Å². The lowest BCUT2D eigenvalue weighted by atomic mass is 9.71. The van der Waals surface area contributed by atoms with Crippen LogP contribution in [0.15, 0.2) is 47.1 Å². The average molecular weight is 261 g/mol. The summed E-state index contributed by atoms with van der Waals surface area (Å²) in [6, 6.07) is 0. The molecule has 19 heavy (non-hydrogen) atoms. The van der Waals surface area contributed by atoms with E-state index < -0.39 is 0 Å². The molecular weight excluding hydrogens is 234 g/mol. The van der Waals surface area contributed by atoms with Crippen LogP contribution in [0.5, 0.6) is 0 Å². The highest BCUT2D eigenvalue weighted by molar-refractivity contribution is 5.37. The lowest BCUT2D eigenvalue weighted by molar-refractivity contribution is 0.116. The van der Waals surface area contributed by atoms with Crippen LogP contribution in [0.1, 0.15) is 40.5 Å². The van der Waals surface area contributed by atoms with Crippen molar-refractivity contribution in [3.05, 3.63) is 47.1 Å². The van der Waals surface area contributed by atoms with E-state index in [0.717, 1.165) is 12.8 Å². The highest BCUT2D eigenvalue weighted by Crippen LogP contribution is 2.40. The van der Waals surface area contributed by atoms with E-state index in [-0.39, 0.29) is 11.5 Å². The molecule has 2 heteroatoms. The van der Waals surface area contributed by atoms with Crippen LogP contribution in [0, 0.1) is 5.41 Å². The largest absolute Gasteiger partial charge is 0.393 e. The Hall–Kier alpha value is -1.12. The fourth-order valence-corrected chi connectivity index (χ4v) is 2.75. The van der Waals surface area contributed by atoms with Crippen molar-refractivity contribution in [2.24, 2.45) is 11.1 Å². The lowest BCUT2D eigenvalue weighted by Crippen LogP contribution is -2.28. The summed E-state index contributed by atoms with van der Waals surface area (Å²) in [5.41, 5.74) is 9.31. The molecule has 0 saturated heterocycles. The summed E-state index contributed by atoms with van der Waals surface area (Å²) in [7, 11) is 0. The van der Waals surface area contributed by atoms with Gasteiger partial charge >= 0.3 is 0 Å². The first-order valence-corrected chi connectivity index (χ1v) is 6.96. The topological polar surface area (TPSA) is 46.2 Å². The summed E-state index contributed by atoms with van der Waals surface area (Å²) in [5, 5.41) is 9.86. The number of rotatable bonds is 4. The van der Waals surface area contributed by atoms with Crippen molar-refractivity contribution in [3.63, 3.8) is 0 Å². The van der Waals surface area contributed by atoms with Crippen molar-refractivity contribution in [3.8, 4) is 0 Å². The molecule has 2 nitrogen and oxygen atoms in total. The van der Waals surface area contributed by atoms with Crippen molar-refractivity contribution in [1.82, 2.24) is 0 Å². The zero-order valence-corrected chi connectivity index (χ0v) is 12.6. The first-order chi connectivity index (χ1) is 8.86. The van der Waals surface area contributed by atoms with Crippen LogP contribution in [0.2, 0.25) is 0 Å². The normalized spacial score (nSPS) is 24.7. The maximum Gasteiger partial charge on any atom is 0.0585 e. The molecule has 106 valence electrons. The zero-order chi connectivity index (χ0) is 14.5. The van der Waals surface area contributed by atoms with E-state index >= 15 is 0 Å². The van der Waals surface area contributed by atoms with Crippen molar-refractivity contribution in [1.29, 1.82) is 0 Å². The summed E-state index contributed by atoms with van der Waals surface area (Å²) in [5.74, 6) is 0. The van der Waals surface area contributed by atoms with E-state index in [1.54, 1.807) is 0 Å². The molecule has 0 fully saturated rings. The van der Waals surface area contributed by atoms with Crippen LogP contribution in [-0.4, -0.2) is 17.8 Å². The second-order valence-corrected chi connectivity index (χ2v) is 6.05. The molecule has 0 bridgehead atoms.